The standard InChI is InChI=1S/C17H12ClF4NO4/c18-12-3-9(6-23-15(12)26-7-17(20,21)22)27-14-5-13(19)11(16(24)25)4-10(14)8-1-2-8/h3-6,8H,1-2,7H2,(H,24,25). The highest BCUT2D eigenvalue weighted by atomic mass is 35.5. The highest BCUT2D eigenvalue weighted by Gasteiger charge is 2.30. The number of alkyl halides is 3. The molecule has 0 spiro atoms. The fraction of sp³-hybridized carbons (Fsp3) is 0.294. The van der Waals surface area contributed by atoms with Gasteiger partial charge in [-0.25, -0.2) is 14.2 Å². The quantitative estimate of drug-likeness (QED) is 0.670. The van der Waals surface area contributed by atoms with Gasteiger partial charge in [-0.15, -0.1) is 0 Å². The molecule has 1 aliphatic rings. The molecule has 10 heteroatoms. The Hall–Kier alpha value is -2.55. The Morgan fingerprint density at radius 3 is 2.56 bits per heavy atom. The van der Waals surface area contributed by atoms with Crippen LogP contribution in [0, 0.1) is 5.82 Å². The van der Waals surface area contributed by atoms with Crippen LogP contribution in [-0.4, -0.2) is 28.8 Å². The van der Waals surface area contributed by atoms with E-state index in [9.17, 15) is 22.4 Å². The number of rotatable bonds is 6. The number of pyridine rings is 1. The molecule has 0 aliphatic heterocycles. The van der Waals surface area contributed by atoms with Gasteiger partial charge in [0.05, 0.1) is 11.8 Å². The molecule has 5 nitrogen and oxygen atoms in total. The molecule has 144 valence electrons. The van der Waals surface area contributed by atoms with E-state index in [0.29, 0.717) is 5.56 Å². The molecule has 27 heavy (non-hydrogen) atoms. The van der Waals surface area contributed by atoms with Crippen LogP contribution in [-0.2, 0) is 0 Å². The number of carboxylic acid groups (broad SMARTS) is 1. The second-order valence-corrected chi connectivity index (χ2v) is 6.32. The Bertz CT molecular complexity index is 884. The number of hydrogen-bond donors (Lipinski definition) is 1. The van der Waals surface area contributed by atoms with Crippen molar-refractivity contribution in [1.82, 2.24) is 4.98 Å². The summed E-state index contributed by atoms with van der Waals surface area (Å²) in [6, 6.07) is 3.36. The summed E-state index contributed by atoms with van der Waals surface area (Å²) < 4.78 is 60.6. The maximum Gasteiger partial charge on any atom is 0.422 e. The van der Waals surface area contributed by atoms with Gasteiger partial charge in [0.15, 0.2) is 6.61 Å². The van der Waals surface area contributed by atoms with Crippen molar-refractivity contribution in [3.63, 3.8) is 0 Å². The summed E-state index contributed by atoms with van der Waals surface area (Å²) in [5.74, 6) is -2.58. The predicted molar refractivity (Wildman–Crippen MR) is 86.2 cm³/mol. The van der Waals surface area contributed by atoms with Gasteiger partial charge in [0.2, 0.25) is 5.88 Å². The molecule has 1 aromatic carbocycles. The third kappa shape index (κ3) is 4.79. The van der Waals surface area contributed by atoms with Crippen molar-refractivity contribution < 1.29 is 36.9 Å². The third-order valence-corrected chi connectivity index (χ3v) is 4.00. The molecule has 0 radical (unpaired) electrons. The van der Waals surface area contributed by atoms with E-state index < -0.39 is 36.0 Å². The van der Waals surface area contributed by atoms with Crippen LogP contribution in [0.4, 0.5) is 17.6 Å². The Labute approximate surface area is 155 Å². The van der Waals surface area contributed by atoms with Crippen LogP contribution in [0.25, 0.3) is 0 Å². The first-order chi connectivity index (χ1) is 12.6. The fourth-order valence-electron chi connectivity index (χ4n) is 2.38. The van der Waals surface area contributed by atoms with Gasteiger partial charge < -0.3 is 14.6 Å². The first-order valence-corrected chi connectivity index (χ1v) is 8.11. The van der Waals surface area contributed by atoms with E-state index in [0.717, 1.165) is 25.1 Å². The molecule has 3 rings (SSSR count). The third-order valence-electron chi connectivity index (χ3n) is 3.73. The van der Waals surface area contributed by atoms with Gasteiger partial charge >= 0.3 is 12.1 Å². The van der Waals surface area contributed by atoms with Crippen LogP contribution in [0.3, 0.4) is 0 Å². The Morgan fingerprint density at radius 1 is 1.30 bits per heavy atom. The number of carboxylic acids is 1. The van der Waals surface area contributed by atoms with Crippen LogP contribution in [0.5, 0.6) is 17.4 Å². The maximum atomic E-state index is 14.0. The van der Waals surface area contributed by atoms with Crippen LogP contribution in [0.1, 0.15) is 34.7 Å². The van der Waals surface area contributed by atoms with E-state index in [1.54, 1.807) is 0 Å². The molecular formula is C17H12ClF4NO4. The van der Waals surface area contributed by atoms with E-state index in [4.69, 9.17) is 21.4 Å². The molecule has 0 atom stereocenters. The summed E-state index contributed by atoms with van der Waals surface area (Å²) in [7, 11) is 0. The van der Waals surface area contributed by atoms with E-state index in [2.05, 4.69) is 9.72 Å². The number of nitrogens with zero attached hydrogens (tertiary/aromatic N) is 1. The van der Waals surface area contributed by atoms with Crippen molar-refractivity contribution in [3.05, 3.63) is 46.4 Å². The second-order valence-electron chi connectivity index (χ2n) is 5.91. The maximum absolute atomic E-state index is 14.0. The Morgan fingerprint density at radius 2 is 2.00 bits per heavy atom. The Balaban J connectivity index is 1.84. The van der Waals surface area contributed by atoms with E-state index in [-0.39, 0.29) is 22.4 Å². The van der Waals surface area contributed by atoms with Crippen LogP contribution in [0.15, 0.2) is 24.4 Å². The lowest BCUT2D eigenvalue weighted by Gasteiger charge is -2.14. The minimum absolute atomic E-state index is 0.0451. The molecule has 2 aromatic rings. The first-order valence-electron chi connectivity index (χ1n) is 7.73. The predicted octanol–water partition coefficient (Wildman–Crippen LogP) is 5.18. The number of aromatic carboxylic acids is 1. The molecule has 1 fully saturated rings. The lowest BCUT2D eigenvalue weighted by molar-refractivity contribution is -0.154. The zero-order valence-electron chi connectivity index (χ0n) is 13.5. The molecule has 1 N–H and O–H groups in total. The monoisotopic (exact) mass is 405 g/mol. The Kier molecular flexibility index (Phi) is 5.14. The smallest absolute Gasteiger partial charge is 0.422 e. The van der Waals surface area contributed by atoms with Crippen molar-refractivity contribution in [2.24, 2.45) is 0 Å². The minimum atomic E-state index is -4.54. The number of ether oxygens (including phenoxy) is 2. The highest BCUT2D eigenvalue weighted by Crippen LogP contribution is 2.46. The molecule has 1 aliphatic carbocycles. The first kappa shape index (κ1) is 19.2. The van der Waals surface area contributed by atoms with Gasteiger partial charge in [-0.3, -0.25) is 0 Å². The SMILES string of the molecule is O=C(O)c1cc(C2CC2)c(Oc2cnc(OCC(F)(F)F)c(Cl)c2)cc1F. The van der Waals surface area contributed by atoms with Gasteiger partial charge in [-0.05, 0) is 30.4 Å². The van der Waals surface area contributed by atoms with E-state index in [1.165, 1.54) is 12.1 Å². The summed E-state index contributed by atoms with van der Waals surface area (Å²) in [6.45, 7) is -1.55. The zero-order valence-corrected chi connectivity index (χ0v) is 14.3. The van der Waals surface area contributed by atoms with Gasteiger partial charge in [0, 0.05) is 12.1 Å². The van der Waals surface area contributed by atoms with Crippen LogP contribution >= 0.6 is 11.6 Å². The molecule has 1 heterocycles. The summed E-state index contributed by atoms with van der Waals surface area (Å²) in [4.78, 5) is 14.8. The lowest BCUT2D eigenvalue weighted by Crippen LogP contribution is -2.19. The normalized spacial score (nSPS) is 14.1. The summed E-state index contributed by atoms with van der Waals surface area (Å²) in [6.07, 6.45) is -1.84. The van der Waals surface area contributed by atoms with Gasteiger partial charge in [-0.2, -0.15) is 13.2 Å². The van der Waals surface area contributed by atoms with E-state index in [1.807, 2.05) is 0 Å². The number of benzene rings is 1. The molecule has 1 saturated carbocycles. The number of aromatic nitrogens is 1. The topological polar surface area (TPSA) is 68.7 Å². The lowest BCUT2D eigenvalue weighted by atomic mass is 10.0. The van der Waals surface area contributed by atoms with Gasteiger partial charge in [0.25, 0.3) is 0 Å². The summed E-state index contributed by atoms with van der Waals surface area (Å²) in [5.41, 5.74) is 0.0682. The van der Waals surface area contributed by atoms with Crippen molar-refractivity contribution in [1.29, 1.82) is 0 Å². The summed E-state index contributed by atoms with van der Waals surface area (Å²) >= 11 is 5.85. The minimum Gasteiger partial charge on any atom is -0.478 e. The van der Waals surface area contributed by atoms with Gasteiger partial charge in [0.1, 0.15) is 22.3 Å². The number of carbonyl (C=O) groups is 1. The molecule has 0 bridgehead atoms. The second kappa shape index (κ2) is 7.22. The average Bonchev–Trinajstić information content (AvgIpc) is 3.38. The number of hydrogen-bond acceptors (Lipinski definition) is 4. The summed E-state index contributed by atoms with van der Waals surface area (Å²) in [5, 5.41) is 8.83. The molecule has 0 amide bonds. The molecule has 1 aromatic heterocycles. The van der Waals surface area contributed by atoms with Crippen molar-refractivity contribution in [3.8, 4) is 17.4 Å². The number of halogens is 5. The largest absolute Gasteiger partial charge is 0.478 e. The van der Waals surface area contributed by atoms with Gasteiger partial charge in [-0.1, -0.05) is 11.6 Å². The van der Waals surface area contributed by atoms with E-state index >= 15 is 0 Å². The van der Waals surface area contributed by atoms with Crippen LogP contribution < -0.4 is 9.47 Å². The van der Waals surface area contributed by atoms with Crippen LogP contribution in [0.2, 0.25) is 5.02 Å². The highest BCUT2D eigenvalue weighted by molar-refractivity contribution is 6.31. The van der Waals surface area contributed by atoms with Crippen molar-refractivity contribution >= 4 is 17.6 Å². The molecule has 0 saturated heterocycles. The van der Waals surface area contributed by atoms with Crippen molar-refractivity contribution in [2.45, 2.75) is 24.9 Å². The molecule has 0 unspecified atom stereocenters. The zero-order chi connectivity index (χ0) is 19.8. The fourth-order valence-corrected chi connectivity index (χ4v) is 2.60. The molecular weight excluding hydrogens is 394 g/mol. The average molecular weight is 406 g/mol. The van der Waals surface area contributed by atoms with Crippen molar-refractivity contribution in [2.75, 3.05) is 6.61 Å².